The number of hydrogen-bond donors (Lipinski definition) is 6. The monoisotopic (exact) mass is 1040 g/mol. The quantitative estimate of drug-likeness (QED) is 0.0806. The number of hydrogen-bond acceptors (Lipinski definition) is 19. The van der Waals surface area contributed by atoms with E-state index in [1.165, 1.54) is 12.7 Å². The number of nitrogens with zero attached hydrogens (tertiary/aromatic N) is 7. The molecule has 2 bridgehead atoms. The summed E-state index contributed by atoms with van der Waals surface area (Å²) in [6, 6.07) is 0. The molecule has 27 heteroatoms. The van der Waals surface area contributed by atoms with Gasteiger partial charge >= 0.3 is 13.4 Å². The standard InChI is InChI=1S/C40H67N11O10P2S2Si2/c1-38(2,3)66(9,10)60-28-24-18-55-62(52,64)58-27-23(56-36(30(27)61-67(11,12)39(4,5)6)50-16-22-14-13-15-43-32-25(22)33(50)46-20-45-32)17-54-63(53,65)59-29(28)35(57-24)51-21-47-26-31(41)48-37(49-34(26)51)44-19-40(7,8)42/h16,20-21,23-24,27-30,35-36H,13-15,17-19,42H2,1-12H3,(H,52,64)(H,53,65)(H,43,45,46)(H3,41,44,48,49)/t23-,24-,27-,28-,29-,30-,35-,36-,62?,63?/m1/s1. The van der Waals surface area contributed by atoms with Crippen LogP contribution in [-0.4, -0.2) is 129 Å². The summed E-state index contributed by atoms with van der Waals surface area (Å²) in [5.41, 5.74) is 14.4. The summed E-state index contributed by atoms with van der Waals surface area (Å²) in [5.74, 6) is 1.05. The van der Waals surface area contributed by atoms with Gasteiger partial charge in [-0.2, -0.15) is 9.97 Å². The molecule has 3 fully saturated rings. The maximum absolute atomic E-state index is 12.2. The van der Waals surface area contributed by atoms with Crippen LogP contribution in [0.3, 0.4) is 0 Å². The summed E-state index contributed by atoms with van der Waals surface area (Å²) < 4.78 is 57.4. The van der Waals surface area contributed by atoms with Gasteiger partial charge < -0.3 is 63.8 Å². The van der Waals surface area contributed by atoms with Crippen molar-refractivity contribution in [3.8, 4) is 0 Å². The lowest BCUT2D eigenvalue weighted by molar-refractivity contribution is -0.0604. The minimum atomic E-state index is -4.25. The zero-order chi connectivity index (χ0) is 48.9. The van der Waals surface area contributed by atoms with Gasteiger partial charge in [0.15, 0.2) is 40.6 Å². The van der Waals surface area contributed by atoms with Crippen LogP contribution in [0.2, 0.25) is 36.3 Å². The lowest BCUT2D eigenvalue weighted by atomic mass is 10.1. The van der Waals surface area contributed by atoms with Gasteiger partial charge in [-0.1, -0.05) is 41.5 Å². The Labute approximate surface area is 403 Å². The molecule has 8 N–H and O–H groups in total. The zero-order valence-electron chi connectivity index (χ0n) is 40.3. The Morgan fingerprint density at radius 3 is 2.09 bits per heavy atom. The predicted octanol–water partition coefficient (Wildman–Crippen LogP) is 6.19. The van der Waals surface area contributed by atoms with Crippen molar-refractivity contribution < 1.29 is 46.2 Å². The molecule has 0 amide bonds. The fourth-order valence-corrected chi connectivity index (χ4v) is 13.5. The Kier molecular flexibility index (Phi) is 13.9. The second-order valence-electron chi connectivity index (χ2n) is 21.6. The summed E-state index contributed by atoms with van der Waals surface area (Å²) in [4.78, 5) is 47.4. The van der Waals surface area contributed by atoms with Crippen molar-refractivity contribution in [3.63, 3.8) is 0 Å². The third kappa shape index (κ3) is 10.6. The topological polar surface area (TPSA) is 265 Å². The number of ether oxygens (including phenoxy) is 2. The van der Waals surface area contributed by atoms with Crippen LogP contribution in [0.1, 0.15) is 79.8 Å². The summed E-state index contributed by atoms with van der Waals surface area (Å²) >= 11 is 11.7. The van der Waals surface area contributed by atoms with E-state index in [9.17, 15) is 9.79 Å². The van der Waals surface area contributed by atoms with E-state index in [1.807, 2.05) is 24.6 Å². The summed E-state index contributed by atoms with van der Waals surface area (Å²) in [6.45, 7) is 16.8. The largest absolute Gasteiger partial charge is 0.408 e. The molecule has 0 radical (unpaired) electrons. The summed E-state index contributed by atoms with van der Waals surface area (Å²) in [6.07, 6.45) is -1.34. The third-order valence-corrected chi connectivity index (χ3v) is 25.7. The first-order chi connectivity index (χ1) is 30.9. The molecule has 67 heavy (non-hydrogen) atoms. The normalized spacial score (nSPS) is 31.4. The van der Waals surface area contributed by atoms with Gasteiger partial charge in [0, 0.05) is 24.8 Å². The summed E-state index contributed by atoms with van der Waals surface area (Å²) in [7, 11) is -5.31. The minimum absolute atomic E-state index is 0.110. The molecule has 2 unspecified atom stereocenters. The molecule has 0 aromatic carbocycles. The third-order valence-electron chi connectivity index (χ3n) is 13.7. The highest BCUT2D eigenvalue weighted by molar-refractivity contribution is 8.07. The van der Waals surface area contributed by atoms with Crippen LogP contribution in [0.15, 0.2) is 18.9 Å². The fraction of sp³-hybridized carbons (Fsp3) is 0.725. The number of nitrogens with one attached hydrogen (secondary N) is 2. The number of nitrogen functional groups attached to an aromatic ring is 1. The lowest BCUT2D eigenvalue weighted by Gasteiger charge is -2.41. The molecule has 372 valence electrons. The molecule has 21 nitrogen and oxygen atoms in total. The van der Waals surface area contributed by atoms with Crippen LogP contribution in [0.5, 0.6) is 0 Å². The number of fused-ring (bicyclic) bond motifs is 4. The van der Waals surface area contributed by atoms with Gasteiger partial charge in [-0.3, -0.25) is 13.6 Å². The highest BCUT2D eigenvalue weighted by Crippen LogP contribution is 2.56. The molecule has 4 aliphatic rings. The Morgan fingerprint density at radius 2 is 1.45 bits per heavy atom. The van der Waals surface area contributed by atoms with Crippen LogP contribution in [-0.2, 0) is 66.5 Å². The number of rotatable bonds is 9. The first-order valence-electron chi connectivity index (χ1n) is 22.5. The highest BCUT2D eigenvalue weighted by atomic mass is 32.5. The van der Waals surface area contributed by atoms with Gasteiger partial charge in [0.25, 0.3) is 0 Å². The van der Waals surface area contributed by atoms with E-state index in [-0.39, 0.29) is 35.1 Å². The van der Waals surface area contributed by atoms with E-state index < -0.39 is 84.7 Å². The average Bonchev–Trinajstić information content (AvgIpc) is 3.92. The molecule has 0 saturated carbocycles. The van der Waals surface area contributed by atoms with Gasteiger partial charge in [-0.05, 0) is 92.1 Å². The van der Waals surface area contributed by atoms with E-state index in [0.717, 1.165) is 36.2 Å². The van der Waals surface area contributed by atoms with Crippen molar-refractivity contribution in [1.29, 1.82) is 0 Å². The minimum Gasteiger partial charge on any atom is -0.408 e. The molecule has 8 rings (SSSR count). The number of nitrogens with two attached hydrogens (primary N) is 2. The molecular weight excluding hydrogens is 977 g/mol. The van der Waals surface area contributed by atoms with Gasteiger partial charge in [0.05, 0.1) is 24.9 Å². The maximum Gasteiger partial charge on any atom is 0.325 e. The Hall–Kier alpha value is -2.14. The summed E-state index contributed by atoms with van der Waals surface area (Å²) in [5, 5.41) is 6.93. The van der Waals surface area contributed by atoms with E-state index in [1.54, 1.807) is 4.57 Å². The second-order valence-corrected chi connectivity index (χ2v) is 36.7. The number of imidazole rings is 1. The zero-order valence-corrected chi connectivity index (χ0v) is 45.7. The fourth-order valence-electron chi connectivity index (χ4n) is 8.05. The molecule has 3 saturated heterocycles. The van der Waals surface area contributed by atoms with E-state index in [0.29, 0.717) is 23.4 Å². The molecule has 4 aromatic heterocycles. The van der Waals surface area contributed by atoms with Crippen LogP contribution in [0.4, 0.5) is 17.6 Å². The smallest absolute Gasteiger partial charge is 0.325 e. The van der Waals surface area contributed by atoms with Crippen LogP contribution < -0.4 is 22.1 Å². The number of aromatic nitrogens is 7. The SMILES string of the molecule is CC(C)(N)CNc1nc(N)c2ncn([C@@H]3O[C@@H]4COP(O)(=S)O[C@H]5[C@@H](O[Si](C)(C)C(C)(C)C)[C@H](n6cc7c8c(ncnc86)NCCC7)O[C@@H]5COP(O)(=S)O[C@@H]3[C@@H]4O[Si](C)(C)C(C)(C)C)c2n1. The van der Waals surface area contributed by atoms with Crippen LogP contribution >= 0.6 is 13.4 Å². The molecular formula is C40H67N11O10P2S2Si2. The van der Waals surface area contributed by atoms with Crippen molar-refractivity contribution in [2.75, 3.05) is 42.7 Å². The van der Waals surface area contributed by atoms with Gasteiger partial charge in [-0.25, -0.2) is 15.0 Å². The van der Waals surface area contributed by atoms with E-state index >= 15 is 0 Å². The molecule has 4 aromatic rings. The Bertz CT molecular complexity index is 2590. The predicted molar refractivity (Wildman–Crippen MR) is 267 cm³/mol. The first-order valence-corrected chi connectivity index (χ1v) is 33.5. The van der Waals surface area contributed by atoms with E-state index in [2.05, 4.69) is 93.3 Å². The van der Waals surface area contributed by atoms with E-state index in [4.69, 9.17) is 81.5 Å². The lowest BCUT2D eigenvalue weighted by Crippen LogP contribution is -2.50. The Balaban J connectivity index is 1.20. The van der Waals surface area contributed by atoms with Crippen molar-refractivity contribution in [2.24, 2.45) is 5.73 Å². The first kappa shape index (κ1) is 51.2. The van der Waals surface area contributed by atoms with Crippen LogP contribution in [0.25, 0.3) is 22.2 Å². The molecule has 0 aliphatic carbocycles. The van der Waals surface area contributed by atoms with Crippen molar-refractivity contribution in [3.05, 3.63) is 24.4 Å². The van der Waals surface area contributed by atoms with Crippen molar-refractivity contribution in [1.82, 2.24) is 34.1 Å². The average molecular weight is 1040 g/mol. The highest BCUT2D eigenvalue weighted by Gasteiger charge is 2.57. The maximum atomic E-state index is 12.2. The van der Waals surface area contributed by atoms with Crippen molar-refractivity contribution >= 4 is 93.5 Å². The number of aryl methyl sites for hydroxylation is 1. The molecule has 8 heterocycles. The number of anilines is 3. The van der Waals surface area contributed by atoms with Crippen molar-refractivity contribution in [2.45, 2.75) is 159 Å². The van der Waals surface area contributed by atoms with Crippen LogP contribution in [0, 0.1) is 0 Å². The Morgan fingerprint density at radius 1 is 0.836 bits per heavy atom. The van der Waals surface area contributed by atoms with Gasteiger partial charge in [0.1, 0.15) is 59.9 Å². The van der Waals surface area contributed by atoms with Gasteiger partial charge in [-0.15, -0.1) is 0 Å². The molecule has 0 spiro atoms. The molecule has 4 aliphatic heterocycles. The van der Waals surface area contributed by atoms with Gasteiger partial charge in [0.2, 0.25) is 5.95 Å². The molecule has 10 atom stereocenters. The second kappa shape index (κ2) is 18.2.